The second-order valence-corrected chi connectivity index (χ2v) is 4.52. The van der Waals surface area contributed by atoms with Crippen LogP contribution in [-0.4, -0.2) is 19.7 Å². The summed E-state index contributed by atoms with van der Waals surface area (Å²) in [6, 6.07) is 9.48. The molecule has 1 N–H and O–H groups in total. The molecular formula is C14H18N2O. The van der Waals surface area contributed by atoms with E-state index >= 15 is 0 Å². The molecule has 3 heteroatoms. The Labute approximate surface area is 102 Å². The lowest BCUT2D eigenvalue weighted by atomic mass is 10.1. The van der Waals surface area contributed by atoms with E-state index in [1.165, 1.54) is 12.8 Å². The highest BCUT2D eigenvalue weighted by Gasteiger charge is 2.32. The lowest BCUT2D eigenvalue weighted by Gasteiger charge is -2.18. The molecule has 90 valence electrons. The van der Waals surface area contributed by atoms with Gasteiger partial charge in [-0.2, -0.15) is 5.26 Å². The number of hydrogen-bond donors (Lipinski definition) is 1. The summed E-state index contributed by atoms with van der Waals surface area (Å²) in [5, 5.41) is 11.9. The Hall–Kier alpha value is -1.53. The summed E-state index contributed by atoms with van der Waals surface area (Å²) in [4.78, 5) is 0. The van der Waals surface area contributed by atoms with Gasteiger partial charge in [0.25, 0.3) is 0 Å². The molecule has 1 aliphatic carbocycles. The van der Waals surface area contributed by atoms with Crippen LogP contribution in [-0.2, 0) is 0 Å². The van der Waals surface area contributed by atoms with Crippen molar-refractivity contribution in [2.24, 2.45) is 5.92 Å². The first kappa shape index (κ1) is 11.9. The normalized spacial score (nSPS) is 16.2. The summed E-state index contributed by atoms with van der Waals surface area (Å²) < 4.78 is 5.99. The molecule has 3 nitrogen and oxygen atoms in total. The predicted molar refractivity (Wildman–Crippen MR) is 66.8 cm³/mol. The van der Waals surface area contributed by atoms with Gasteiger partial charge in [-0.05, 0) is 63.0 Å². The fourth-order valence-electron chi connectivity index (χ4n) is 1.93. The highest BCUT2D eigenvalue weighted by molar-refractivity contribution is 5.34. The Bertz CT molecular complexity index is 390. The molecule has 1 atom stereocenters. The molecule has 0 amide bonds. The molecule has 0 radical (unpaired) electrons. The second kappa shape index (κ2) is 5.70. The third-order valence-electron chi connectivity index (χ3n) is 3.10. The van der Waals surface area contributed by atoms with Gasteiger partial charge in [-0.1, -0.05) is 0 Å². The maximum atomic E-state index is 8.73. The molecule has 17 heavy (non-hydrogen) atoms. The molecule has 1 aliphatic rings. The molecule has 0 heterocycles. The summed E-state index contributed by atoms with van der Waals surface area (Å²) in [6.07, 6.45) is 3.92. The molecule has 1 saturated carbocycles. The van der Waals surface area contributed by atoms with Crippen molar-refractivity contribution in [1.82, 2.24) is 5.32 Å². The second-order valence-electron chi connectivity index (χ2n) is 4.52. The number of nitrogens with one attached hydrogen (secondary N) is 1. The summed E-state index contributed by atoms with van der Waals surface area (Å²) >= 11 is 0. The molecule has 1 aromatic carbocycles. The van der Waals surface area contributed by atoms with Crippen LogP contribution in [0.15, 0.2) is 24.3 Å². The fourth-order valence-corrected chi connectivity index (χ4v) is 1.93. The van der Waals surface area contributed by atoms with Crippen molar-refractivity contribution < 1.29 is 4.74 Å². The molecular weight excluding hydrogens is 212 g/mol. The number of rotatable bonds is 6. The molecule has 0 aliphatic heterocycles. The predicted octanol–water partition coefficient (Wildman–Crippen LogP) is 2.33. The largest absolute Gasteiger partial charge is 0.490 e. The minimum absolute atomic E-state index is 0.315. The van der Waals surface area contributed by atoms with Crippen molar-refractivity contribution in [2.75, 3.05) is 13.6 Å². The van der Waals surface area contributed by atoms with E-state index in [-0.39, 0.29) is 0 Å². The fraction of sp³-hybridized carbons (Fsp3) is 0.500. The molecule has 2 rings (SSSR count). The van der Waals surface area contributed by atoms with Crippen molar-refractivity contribution in [3.8, 4) is 11.8 Å². The van der Waals surface area contributed by atoms with Crippen LogP contribution in [0.5, 0.6) is 5.75 Å². The molecule has 0 spiro atoms. The lowest BCUT2D eigenvalue weighted by Crippen LogP contribution is -2.24. The minimum Gasteiger partial charge on any atom is -0.490 e. The van der Waals surface area contributed by atoms with E-state index in [0.29, 0.717) is 11.7 Å². The van der Waals surface area contributed by atoms with Gasteiger partial charge in [-0.25, -0.2) is 0 Å². The number of benzene rings is 1. The standard InChI is InChI=1S/C14H18N2O/c1-16-9-8-14(12-4-5-12)17-13-6-2-11(10-15)3-7-13/h2-3,6-7,12,14,16H,4-5,8-9H2,1H3. The molecule has 0 bridgehead atoms. The zero-order chi connectivity index (χ0) is 12.1. The van der Waals surface area contributed by atoms with E-state index in [1.54, 1.807) is 12.1 Å². The van der Waals surface area contributed by atoms with Crippen LogP contribution in [0.4, 0.5) is 0 Å². The van der Waals surface area contributed by atoms with E-state index in [1.807, 2.05) is 19.2 Å². The lowest BCUT2D eigenvalue weighted by molar-refractivity contribution is 0.168. The van der Waals surface area contributed by atoms with Gasteiger partial charge in [0.05, 0.1) is 11.6 Å². The van der Waals surface area contributed by atoms with Gasteiger partial charge in [-0.3, -0.25) is 0 Å². The van der Waals surface area contributed by atoms with Crippen molar-refractivity contribution in [2.45, 2.75) is 25.4 Å². The van der Waals surface area contributed by atoms with Crippen LogP contribution < -0.4 is 10.1 Å². The monoisotopic (exact) mass is 230 g/mol. The van der Waals surface area contributed by atoms with Gasteiger partial charge in [0.15, 0.2) is 0 Å². The Balaban J connectivity index is 1.94. The van der Waals surface area contributed by atoms with Crippen LogP contribution in [0.2, 0.25) is 0 Å². The van der Waals surface area contributed by atoms with E-state index in [0.717, 1.165) is 24.6 Å². The van der Waals surface area contributed by atoms with Gasteiger partial charge >= 0.3 is 0 Å². The van der Waals surface area contributed by atoms with Crippen LogP contribution >= 0.6 is 0 Å². The number of ether oxygens (including phenoxy) is 1. The minimum atomic E-state index is 0.315. The zero-order valence-corrected chi connectivity index (χ0v) is 10.1. The summed E-state index contributed by atoms with van der Waals surface area (Å²) in [7, 11) is 1.96. The van der Waals surface area contributed by atoms with Gasteiger partial charge in [0.2, 0.25) is 0 Å². The summed E-state index contributed by atoms with van der Waals surface area (Å²) in [5.41, 5.74) is 0.676. The van der Waals surface area contributed by atoms with E-state index in [4.69, 9.17) is 10.00 Å². The van der Waals surface area contributed by atoms with Crippen LogP contribution in [0, 0.1) is 17.2 Å². The van der Waals surface area contributed by atoms with Crippen molar-refractivity contribution in [3.63, 3.8) is 0 Å². The molecule has 0 aromatic heterocycles. The van der Waals surface area contributed by atoms with Gasteiger partial charge < -0.3 is 10.1 Å². The Morgan fingerprint density at radius 1 is 1.41 bits per heavy atom. The zero-order valence-electron chi connectivity index (χ0n) is 10.1. The van der Waals surface area contributed by atoms with E-state index in [9.17, 15) is 0 Å². The number of nitrogens with zero attached hydrogens (tertiary/aromatic N) is 1. The Morgan fingerprint density at radius 3 is 2.65 bits per heavy atom. The number of nitriles is 1. The Kier molecular flexibility index (Phi) is 4.00. The molecule has 0 saturated heterocycles. The third-order valence-corrected chi connectivity index (χ3v) is 3.10. The third kappa shape index (κ3) is 3.47. The highest BCUT2D eigenvalue weighted by atomic mass is 16.5. The van der Waals surface area contributed by atoms with Crippen LogP contribution in [0.3, 0.4) is 0 Å². The van der Waals surface area contributed by atoms with Crippen LogP contribution in [0.1, 0.15) is 24.8 Å². The first-order valence-electron chi connectivity index (χ1n) is 6.15. The summed E-state index contributed by atoms with van der Waals surface area (Å²) in [5.74, 6) is 1.59. The number of hydrogen-bond acceptors (Lipinski definition) is 3. The van der Waals surface area contributed by atoms with Crippen LogP contribution in [0.25, 0.3) is 0 Å². The first-order chi connectivity index (χ1) is 8.33. The molecule has 1 aromatic rings. The topological polar surface area (TPSA) is 45.0 Å². The van der Waals surface area contributed by atoms with Gasteiger partial charge in [-0.15, -0.1) is 0 Å². The SMILES string of the molecule is CNCCC(Oc1ccc(C#N)cc1)C1CC1. The molecule has 1 unspecified atom stereocenters. The quantitative estimate of drug-likeness (QED) is 0.815. The average Bonchev–Trinajstić information content (AvgIpc) is 3.19. The Morgan fingerprint density at radius 2 is 2.12 bits per heavy atom. The first-order valence-corrected chi connectivity index (χ1v) is 6.15. The average molecular weight is 230 g/mol. The maximum absolute atomic E-state index is 8.73. The smallest absolute Gasteiger partial charge is 0.119 e. The maximum Gasteiger partial charge on any atom is 0.119 e. The van der Waals surface area contributed by atoms with Gasteiger partial charge in [0.1, 0.15) is 11.9 Å². The summed E-state index contributed by atoms with van der Waals surface area (Å²) in [6.45, 7) is 0.984. The van der Waals surface area contributed by atoms with Crippen molar-refractivity contribution in [3.05, 3.63) is 29.8 Å². The molecule has 1 fully saturated rings. The highest BCUT2D eigenvalue weighted by Crippen LogP contribution is 2.36. The van der Waals surface area contributed by atoms with E-state index < -0.39 is 0 Å². The van der Waals surface area contributed by atoms with Gasteiger partial charge in [0, 0.05) is 0 Å². The van der Waals surface area contributed by atoms with Crippen molar-refractivity contribution in [1.29, 1.82) is 5.26 Å². The van der Waals surface area contributed by atoms with E-state index in [2.05, 4.69) is 11.4 Å². The van der Waals surface area contributed by atoms with Crippen molar-refractivity contribution >= 4 is 0 Å².